The highest BCUT2D eigenvalue weighted by atomic mass is 32.2. The van der Waals surface area contributed by atoms with Crippen molar-refractivity contribution in [2.45, 2.75) is 68.2 Å². The van der Waals surface area contributed by atoms with E-state index < -0.39 is 35.7 Å². The molecule has 1 saturated heterocycles. The molecule has 1 rings (SSSR count). The largest absolute Gasteiger partial charge is 0.481 e. The molecule has 8 nitrogen and oxygen atoms in total. The second-order valence-electron chi connectivity index (χ2n) is 6.99. The van der Waals surface area contributed by atoms with Crippen LogP contribution in [0.1, 0.15) is 41.0 Å². The van der Waals surface area contributed by atoms with E-state index in [4.69, 9.17) is 16.7 Å². The Bertz CT molecular complexity index is 509. The number of hydrogen-bond donors (Lipinski definition) is 4. The second-order valence-corrected chi connectivity index (χ2v) is 9.29. The summed E-state index contributed by atoms with van der Waals surface area (Å²) in [7, 11) is 0. The Balaban J connectivity index is 3.11. The predicted octanol–water partition coefficient (Wildman–Crippen LogP) is -0.205. The van der Waals surface area contributed by atoms with E-state index in [2.05, 4.69) is 10.2 Å². The maximum Gasteiger partial charge on any atom is 0.352 e. The van der Waals surface area contributed by atoms with Crippen LogP contribution in [0.15, 0.2) is 0 Å². The van der Waals surface area contributed by atoms with Gasteiger partial charge in [-0.1, -0.05) is 0 Å². The zero-order chi connectivity index (χ0) is 18.2. The lowest BCUT2D eigenvalue weighted by atomic mass is 9.83. The number of carboxylic acids is 1. The SMILES string of the molecule is CC1(C)SC(C)(C)C1N[C@](C)(C(=O)ON)C(=O)[C@H](N)CC(=O)O. The first-order chi connectivity index (χ1) is 10.3. The number of aliphatic carboxylic acids is 1. The number of rotatable bonds is 7. The van der Waals surface area contributed by atoms with Crippen molar-refractivity contribution in [2.75, 3.05) is 0 Å². The number of nitrogens with one attached hydrogen (secondary N) is 1. The second kappa shape index (κ2) is 6.39. The summed E-state index contributed by atoms with van der Waals surface area (Å²) >= 11 is 1.70. The Morgan fingerprint density at radius 3 is 2.13 bits per heavy atom. The van der Waals surface area contributed by atoms with Gasteiger partial charge in [0.1, 0.15) is 0 Å². The Morgan fingerprint density at radius 2 is 1.78 bits per heavy atom. The van der Waals surface area contributed by atoms with Crippen LogP contribution in [0.25, 0.3) is 0 Å². The molecule has 0 bridgehead atoms. The van der Waals surface area contributed by atoms with Crippen LogP contribution in [0.3, 0.4) is 0 Å². The number of carbonyl (C=O) groups excluding carboxylic acids is 2. The average Bonchev–Trinajstić information content (AvgIpc) is 2.40. The fourth-order valence-corrected chi connectivity index (χ4v) is 5.32. The van der Waals surface area contributed by atoms with Crippen molar-refractivity contribution in [3.05, 3.63) is 0 Å². The minimum Gasteiger partial charge on any atom is -0.481 e. The minimum absolute atomic E-state index is 0.204. The molecule has 0 saturated carbocycles. The highest BCUT2D eigenvalue weighted by molar-refractivity contribution is 8.03. The van der Waals surface area contributed by atoms with Crippen molar-refractivity contribution in [2.24, 2.45) is 11.6 Å². The van der Waals surface area contributed by atoms with Gasteiger partial charge in [0.25, 0.3) is 0 Å². The molecule has 2 atom stereocenters. The molecule has 0 aromatic carbocycles. The van der Waals surface area contributed by atoms with Gasteiger partial charge in [0.05, 0.1) is 12.5 Å². The van der Waals surface area contributed by atoms with Crippen LogP contribution in [0.5, 0.6) is 0 Å². The summed E-state index contributed by atoms with van der Waals surface area (Å²) in [4.78, 5) is 39.8. The fraction of sp³-hybridized carbons (Fsp3) is 0.786. The van der Waals surface area contributed by atoms with Crippen molar-refractivity contribution < 1.29 is 24.3 Å². The third-order valence-electron chi connectivity index (χ3n) is 4.09. The summed E-state index contributed by atoms with van der Waals surface area (Å²) < 4.78 is -0.451. The molecule has 0 aliphatic carbocycles. The van der Waals surface area contributed by atoms with Crippen LogP contribution >= 0.6 is 11.8 Å². The smallest absolute Gasteiger partial charge is 0.352 e. The van der Waals surface area contributed by atoms with E-state index in [1.165, 1.54) is 6.92 Å². The molecule has 6 N–H and O–H groups in total. The normalized spacial score (nSPS) is 23.3. The summed E-state index contributed by atoms with van der Waals surface area (Å²) in [5.41, 5.74) is 3.83. The van der Waals surface area contributed by atoms with Gasteiger partial charge >= 0.3 is 11.9 Å². The third-order valence-corrected chi connectivity index (χ3v) is 5.61. The molecule has 1 aliphatic rings. The van der Waals surface area contributed by atoms with Gasteiger partial charge in [0.15, 0.2) is 11.3 Å². The van der Waals surface area contributed by atoms with Crippen molar-refractivity contribution >= 4 is 29.5 Å². The Morgan fingerprint density at radius 1 is 1.30 bits per heavy atom. The topological polar surface area (TPSA) is 145 Å². The van der Waals surface area contributed by atoms with E-state index >= 15 is 0 Å². The molecular weight excluding hydrogens is 322 g/mol. The van der Waals surface area contributed by atoms with Crippen LogP contribution in [-0.2, 0) is 19.2 Å². The zero-order valence-electron chi connectivity index (χ0n) is 14.0. The van der Waals surface area contributed by atoms with E-state index in [0.29, 0.717) is 0 Å². The van der Waals surface area contributed by atoms with E-state index in [0.717, 1.165) is 0 Å². The average molecular weight is 347 g/mol. The number of thioether (sulfide) groups is 1. The molecule has 0 amide bonds. The number of carbonyl (C=O) groups is 3. The van der Waals surface area contributed by atoms with Crippen molar-refractivity contribution in [1.82, 2.24) is 5.32 Å². The maximum atomic E-state index is 12.6. The van der Waals surface area contributed by atoms with Gasteiger partial charge in [-0.25, -0.2) is 4.79 Å². The van der Waals surface area contributed by atoms with Gasteiger partial charge in [0, 0.05) is 15.5 Å². The van der Waals surface area contributed by atoms with Gasteiger partial charge in [-0.05, 0) is 34.6 Å². The minimum atomic E-state index is -1.82. The first-order valence-corrected chi connectivity index (χ1v) is 8.00. The molecule has 0 unspecified atom stereocenters. The van der Waals surface area contributed by atoms with Gasteiger partial charge in [-0.3, -0.25) is 14.9 Å². The van der Waals surface area contributed by atoms with Gasteiger partial charge < -0.3 is 15.7 Å². The summed E-state index contributed by atoms with van der Waals surface area (Å²) in [6, 6.07) is -1.55. The Labute approximate surface area is 139 Å². The highest BCUT2D eigenvalue weighted by Gasteiger charge is 2.58. The molecule has 132 valence electrons. The van der Waals surface area contributed by atoms with Crippen LogP contribution in [0, 0.1) is 0 Å². The summed E-state index contributed by atoms with van der Waals surface area (Å²) in [6.45, 7) is 9.25. The highest BCUT2D eigenvalue weighted by Crippen LogP contribution is 2.55. The molecule has 1 aliphatic heterocycles. The lowest BCUT2D eigenvalue weighted by Crippen LogP contribution is -2.74. The van der Waals surface area contributed by atoms with E-state index in [1.807, 2.05) is 27.7 Å². The van der Waals surface area contributed by atoms with E-state index in [1.54, 1.807) is 11.8 Å². The molecule has 1 heterocycles. The van der Waals surface area contributed by atoms with Gasteiger partial charge in [0.2, 0.25) is 0 Å². The van der Waals surface area contributed by atoms with Crippen LogP contribution in [-0.4, -0.2) is 49.9 Å². The first-order valence-electron chi connectivity index (χ1n) is 7.18. The van der Waals surface area contributed by atoms with E-state index in [9.17, 15) is 14.4 Å². The molecule has 0 spiro atoms. The Kier molecular flexibility index (Phi) is 5.52. The number of ketones is 1. The van der Waals surface area contributed by atoms with Crippen molar-refractivity contribution in [3.63, 3.8) is 0 Å². The number of Topliss-reactive ketones (excluding diaryl/α,β-unsaturated/α-hetero) is 1. The third kappa shape index (κ3) is 3.85. The number of nitrogens with two attached hydrogens (primary N) is 2. The van der Waals surface area contributed by atoms with Crippen molar-refractivity contribution in [1.29, 1.82) is 0 Å². The molecule has 0 aromatic heterocycles. The summed E-state index contributed by atoms with van der Waals surface area (Å²) in [5, 5.41) is 11.8. The zero-order valence-corrected chi connectivity index (χ0v) is 14.8. The molecule has 0 aromatic rings. The van der Waals surface area contributed by atoms with Gasteiger partial charge in [-0.2, -0.15) is 5.90 Å². The van der Waals surface area contributed by atoms with Crippen LogP contribution in [0.4, 0.5) is 0 Å². The lowest BCUT2D eigenvalue weighted by molar-refractivity contribution is -0.157. The monoisotopic (exact) mass is 347 g/mol. The Hall–Kier alpha value is -1.16. The maximum absolute atomic E-state index is 12.6. The van der Waals surface area contributed by atoms with Crippen LogP contribution in [0.2, 0.25) is 0 Å². The fourth-order valence-electron chi connectivity index (χ4n) is 3.21. The van der Waals surface area contributed by atoms with E-state index in [-0.39, 0.29) is 15.5 Å². The first kappa shape index (κ1) is 19.9. The molecule has 23 heavy (non-hydrogen) atoms. The molecule has 9 heteroatoms. The van der Waals surface area contributed by atoms with Crippen molar-refractivity contribution in [3.8, 4) is 0 Å². The molecule has 0 radical (unpaired) electrons. The van der Waals surface area contributed by atoms with Crippen LogP contribution < -0.4 is 16.9 Å². The number of hydrogen-bond acceptors (Lipinski definition) is 8. The quantitative estimate of drug-likeness (QED) is 0.363. The van der Waals surface area contributed by atoms with Gasteiger partial charge in [-0.15, -0.1) is 11.8 Å². The number of carboxylic acid groups (broad SMARTS) is 1. The summed E-state index contributed by atoms with van der Waals surface area (Å²) in [6.07, 6.45) is -0.583. The molecule has 1 fully saturated rings. The predicted molar refractivity (Wildman–Crippen MR) is 86.6 cm³/mol. The standard InChI is InChI=1S/C14H25N3O5S/c1-12(2)10(13(3,4)23-12)17-14(5,11(21)22-16)9(20)7(15)6-8(18)19/h7,10,17H,6,15-16H2,1-5H3,(H,18,19)/t7-,14+/m1/s1. The summed E-state index contributed by atoms with van der Waals surface area (Å²) in [5.74, 6) is 1.98. The lowest BCUT2D eigenvalue weighted by Gasteiger charge is -2.58. The molecular formula is C14H25N3O5S.